The predicted molar refractivity (Wildman–Crippen MR) is 78.2 cm³/mol. The molecule has 3 aromatic rings. The molecule has 1 unspecified atom stereocenters. The summed E-state index contributed by atoms with van der Waals surface area (Å²) in [5, 5.41) is 10.5. The van der Waals surface area contributed by atoms with Gasteiger partial charge in [-0.15, -0.1) is 0 Å². The van der Waals surface area contributed by atoms with Gasteiger partial charge < -0.3 is 15.3 Å². The number of halogens is 3. The Morgan fingerprint density at radius 2 is 1.77 bits per heavy atom. The summed E-state index contributed by atoms with van der Waals surface area (Å²) < 4.78 is 33.7. The fraction of sp³-hybridized carbons (Fsp3) is 0.133. The van der Waals surface area contributed by atoms with Crippen molar-refractivity contribution in [3.63, 3.8) is 0 Å². The maximum absolute atomic E-state index is 14.1. The summed E-state index contributed by atoms with van der Waals surface area (Å²) in [4.78, 5) is 10.7. The van der Waals surface area contributed by atoms with Gasteiger partial charge in [0.1, 0.15) is 11.2 Å². The molecule has 0 saturated heterocycles. The van der Waals surface area contributed by atoms with Crippen molar-refractivity contribution >= 4 is 39.5 Å². The number of carboxylic acid groups (broad SMARTS) is 1. The number of hydrogen-bond acceptors (Lipinski definition) is 3. The van der Waals surface area contributed by atoms with Crippen LogP contribution in [-0.4, -0.2) is 17.1 Å². The van der Waals surface area contributed by atoms with Crippen molar-refractivity contribution in [3.8, 4) is 0 Å². The summed E-state index contributed by atoms with van der Waals surface area (Å²) in [6, 6.07) is 6.35. The third-order valence-corrected chi connectivity index (χ3v) is 3.71. The van der Waals surface area contributed by atoms with Gasteiger partial charge in [0, 0.05) is 27.4 Å². The molecule has 0 aliphatic heterocycles. The van der Waals surface area contributed by atoms with Crippen LogP contribution in [0.15, 0.2) is 40.8 Å². The number of rotatable bonds is 3. The molecule has 22 heavy (non-hydrogen) atoms. The Labute approximate surface area is 128 Å². The molecule has 1 heterocycles. The fourth-order valence-corrected chi connectivity index (χ4v) is 2.45. The van der Waals surface area contributed by atoms with Gasteiger partial charge in [0.15, 0.2) is 6.04 Å². The molecule has 0 aliphatic rings. The van der Waals surface area contributed by atoms with Crippen LogP contribution in [0.4, 0.5) is 8.78 Å². The Balaban J connectivity index is 2.18. The van der Waals surface area contributed by atoms with Gasteiger partial charge in [0.2, 0.25) is 0 Å². The van der Waals surface area contributed by atoms with Crippen molar-refractivity contribution < 1.29 is 23.1 Å². The molecule has 0 radical (unpaired) electrons. The van der Waals surface area contributed by atoms with Crippen LogP contribution >= 0.6 is 11.6 Å². The Morgan fingerprint density at radius 3 is 2.41 bits per heavy atom. The van der Waals surface area contributed by atoms with Crippen LogP contribution in [0.1, 0.15) is 5.56 Å². The maximum Gasteiger partial charge on any atom is 0.327 e. The average molecular weight is 326 g/mol. The number of benzene rings is 2. The van der Waals surface area contributed by atoms with Crippen LogP contribution in [0.2, 0.25) is 5.02 Å². The average Bonchev–Trinajstić information content (AvgIpc) is 2.82. The van der Waals surface area contributed by atoms with Crippen molar-refractivity contribution in [1.29, 1.82) is 0 Å². The first-order valence-corrected chi connectivity index (χ1v) is 6.67. The van der Waals surface area contributed by atoms with E-state index < -0.39 is 23.5 Å². The summed E-state index contributed by atoms with van der Waals surface area (Å²) >= 11 is 5.86. The zero-order valence-electron chi connectivity index (χ0n) is 11.0. The zero-order valence-corrected chi connectivity index (χ0v) is 11.8. The number of fused-ring (bicyclic) bond motifs is 3. The van der Waals surface area contributed by atoms with Gasteiger partial charge in [-0.3, -0.25) is 4.79 Å². The Morgan fingerprint density at radius 1 is 1.18 bits per heavy atom. The SMILES string of the molecule is NC(C(=O)O)C(F)(F)c1ccc2c(c1)oc1cc(Cl)ccc12. The van der Waals surface area contributed by atoms with E-state index in [-0.39, 0.29) is 5.58 Å². The van der Waals surface area contributed by atoms with Gasteiger partial charge in [0.05, 0.1) is 0 Å². The lowest BCUT2D eigenvalue weighted by atomic mass is 10.00. The molecule has 7 heteroatoms. The summed E-state index contributed by atoms with van der Waals surface area (Å²) in [6.07, 6.45) is 0. The lowest BCUT2D eigenvalue weighted by Crippen LogP contribution is -2.45. The van der Waals surface area contributed by atoms with E-state index in [9.17, 15) is 13.6 Å². The van der Waals surface area contributed by atoms with Gasteiger partial charge >= 0.3 is 5.97 Å². The molecule has 0 spiro atoms. The highest BCUT2D eigenvalue weighted by Gasteiger charge is 2.44. The van der Waals surface area contributed by atoms with Crippen LogP contribution in [0.3, 0.4) is 0 Å². The molecule has 1 atom stereocenters. The second-order valence-electron chi connectivity index (χ2n) is 4.89. The van der Waals surface area contributed by atoms with Crippen molar-refractivity contribution in [2.24, 2.45) is 5.73 Å². The van der Waals surface area contributed by atoms with Crippen molar-refractivity contribution in [1.82, 2.24) is 0 Å². The van der Waals surface area contributed by atoms with Gasteiger partial charge in [-0.1, -0.05) is 17.7 Å². The molecule has 114 valence electrons. The molecule has 4 nitrogen and oxygen atoms in total. The van der Waals surface area contributed by atoms with Crippen LogP contribution in [-0.2, 0) is 10.7 Å². The van der Waals surface area contributed by atoms with E-state index in [4.69, 9.17) is 26.9 Å². The number of aliphatic carboxylic acids is 1. The highest BCUT2D eigenvalue weighted by Crippen LogP contribution is 2.36. The molecule has 3 N–H and O–H groups in total. The number of furan rings is 1. The summed E-state index contributed by atoms with van der Waals surface area (Å²) in [5.74, 6) is -5.49. The molecule has 0 fully saturated rings. The quantitative estimate of drug-likeness (QED) is 0.769. The molecule has 2 aromatic carbocycles. The highest BCUT2D eigenvalue weighted by molar-refractivity contribution is 6.31. The van der Waals surface area contributed by atoms with E-state index in [1.807, 2.05) is 0 Å². The standard InChI is InChI=1S/C15H10ClF2NO3/c16-8-2-4-10-9-3-1-7(5-11(9)22-12(10)6-8)15(17,18)13(19)14(20)21/h1-6,13H,19H2,(H,20,21). The highest BCUT2D eigenvalue weighted by atomic mass is 35.5. The largest absolute Gasteiger partial charge is 0.480 e. The third kappa shape index (κ3) is 2.20. The molecule has 3 rings (SSSR count). The molecule has 0 aliphatic carbocycles. The van der Waals surface area contributed by atoms with E-state index in [0.717, 1.165) is 17.5 Å². The first-order chi connectivity index (χ1) is 10.3. The Hall–Kier alpha value is -2.18. The van der Waals surface area contributed by atoms with Gasteiger partial charge in [-0.2, -0.15) is 8.78 Å². The van der Waals surface area contributed by atoms with Crippen molar-refractivity contribution in [3.05, 3.63) is 47.0 Å². The second-order valence-corrected chi connectivity index (χ2v) is 5.33. The second kappa shape index (κ2) is 4.93. The molecule has 0 amide bonds. The minimum absolute atomic E-state index is 0.215. The fourth-order valence-electron chi connectivity index (χ4n) is 2.29. The molecule has 0 saturated carbocycles. The number of alkyl halides is 2. The normalized spacial score (nSPS) is 13.6. The van der Waals surface area contributed by atoms with Crippen LogP contribution in [0, 0.1) is 0 Å². The Bertz CT molecular complexity index is 891. The van der Waals surface area contributed by atoms with Gasteiger partial charge in [-0.25, -0.2) is 0 Å². The molecular formula is C15H10ClF2NO3. The lowest BCUT2D eigenvalue weighted by molar-refractivity contribution is -0.149. The first kappa shape index (κ1) is 14.7. The summed E-state index contributed by atoms with van der Waals surface area (Å²) in [7, 11) is 0. The maximum atomic E-state index is 14.1. The van der Waals surface area contributed by atoms with E-state index in [0.29, 0.717) is 16.0 Å². The van der Waals surface area contributed by atoms with Gasteiger partial charge in [0.25, 0.3) is 5.92 Å². The van der Waals surface area contributed by atoms with E-state index in [1.54, 1.807) is 18.2 Å². The first-order valence-electron chi connectivity index (χ1n) is 6.29. The van der Waals surface area contributed by atoms with E-state index >= 15 is 0 Å². The minimum Gasteiger partial charge on any atom is -0.480 e. The van der Waals surface area contributed by atoms with E-state index in [2.05, 4.69) is 0 Å². The summed E-state index contributed by atoms with van der Waals surface area (Å²) in [6.45, 7) is 0. The summed E-state index contributed by atoms with van der Waals surface area (Å²) in [5.41, 5.74) is 5.23. The van der Waals surface area contributed by atoms with Crippen molar-refractivity contribution in [2.75, 3.05) is 0 Å². The molecule has 0 bridgehead atoms. The van der Waals surface area contributed by atoms with Crippen LogP contribution in [0.5, 0.6) is 0 Å². The molecule has 1 aromatic heterocycles. The molecular weight excluding hydrogens is 316 g/mol. The smallest absolute Gasteiger partial charge is 0.327 e. The van der Waals surface area contributed by atoms with Crippen molar-refractivity contribution in [2.45, 2.75) is 12.0 Å². The predicted octanol–water partition coefficient (Wildman–Crippen LogP) is 3.74. The number of carboxylic acids is 1. The zero-order chi connectivity index (χ0) is 16.1. The van der Waals surface area contributed by atoms with Crippen LogP contribution in [0.25, 0.3) is 21.9 Å². The third-order valence-electron chi connectivity index (χ3n) is 3.48. The van der Waals surface area contributed by atoms with Gasteiger partial charge in [-0.05, 0) is 24.3 Å². The minimum atomic E-state index is -3.71. The number of hydrogen-bond donors (Lipinski definition) is 2. The topological polar surface area (TPSA) is 76.5 Å². The Kier molecular flexibility index (Phi) is 3.30. The lowest BCUT2D eigenvalue weighted by Gasteiger charge is -2.20. The number of nitrogens with two attached hydrogens (primary N) is 1. The monoisotopic (exact) mass is 325 g/mol. The van der Waals surface area contributed by atoms with E-state index in [1.165, 1.54) is 6.07 Å². The number of carbonyl (C=O) groups is 1. The van der Waals surface area contributed by atoms with Crippen LogP contribution < -0.4 is 5.73 Å².